The van der Waals surface area contributed by atoms with Crippen LogP contribution in [0, 0.1) is 6.92 Å². The summed E-state index contributed by atoms with van der Waals surface area (Å²) in [6.07, 6.45) is 0. The van der Waals surface area contributed by atoms with Gasteiger partial charge in [-0.05, 0) is 62.7 Å². The molecule has 1 aromatic carbocycles. The fourth-order valence-electron chi connectivity index (χ4n) is 3.01. The number of rotatable bonds is 10. The van der Waals surface area contributed by atoms with E-state index in [1.807, 2.05) is 0 Å². The summed E-state index contributed by atoms with van der Waals surface area (Å²) in [6.45, 7) is 5.39. The number of anilines is 1. The first-order valence-electron chi connectivity index (χ1n) is 10.5. The Kier molecular flexibility index (Phi) is 8.31. The molecule has 1 N–H and O–H groups in total. The second kappa shape index (κ2) is 11.4. The van der Waals surface area contributed by atoms with Crippen LogP contribution in [0.5, 0.6) is 11.5 Å². The summed E-state index contributed by atoms with van der Waals surface area (Å²) in [5, 5.41) is 2.82. The normalized spacial score (nSPS) is 10.5. The van der Waals surface area contributed by atoms with E-state index in [0.717, 1.165) is 11.3 Å². The Morgan fingerprint density at radius 2 is 1.59 bits per heavy atom. The third-order valence-corrected chi connectivity index (χ3v) is 5.83. The van der Waals surface area contributed by atoms with Gasteiger partial charge in [-0.25, -0.2) is 9.59 Å². The van der Waals surface area contributed by atoms with Gasteiger partial charge < -0.3 is 28.7 Å². The van der Waals surface area contributed by atoms with E-state index >= 15 is 0 Å². The molecule has 0 spiro atoms. The second-order valence-corrected chi connectivity index (χ2v) is 7.91. The summed E-state index contributed by atoms with van der Waals surface area (Å²) >= 11 is 0.945. The van der Waals surface area contributed by atoms with Crippen LogP contribution >= 0.6 is 11.3 Å². The van der Waals surface area contributed by atoms with Crippen LogP contribution in [0.4, 0.5) is 5.00 Å². The van der Waals surface area contributed by atoms with Crippen molar-refractivity contribution >= 4 is 34.2 Å². The maximum atomic E-state index is 12.8. The third kappa shape index (κ3) is 5.76. The minimum atomic E-state index is -0.643. The Morgan fingerprint density at radius 1 is 0.941 bits per heavy atom. The molecule has 0 aliphatic carbocycles. The van der Waals surface area contributed by atoms with Crippen molar-refractivity contribution in [1.82, 2.24) is 0 Å². The largest absolute Gasteiger partial charge is 0.497 e. The van der Waals surface area contributed by atoms with Crippen LogP contribution in [-0.2, 0) is 16.1 Å². The zero-order valence-corrected chi connectivity index (χ0v) is 20.1. The maximum Gasteiger partial charge on any atom is 0.348 e. The highest BCUT2D eigenvalue weighted by atomic mass is 32.1. The van der Waals surface area contributed by atoms with E-state index in [1.165, 1.54) is 6.07 Å². The number of thiophene rings is 1. The predicted octanol–water partition coefficient (Wildman–Crippen LogP) is 4.84. The highest BCUT2D eigenvalue weighted by Gasteiger charge is 2.28. The van der Waals surface area contributed by atoms with Gasteiger partial charge in [-0.2, -0.15) is 0 Å². The molecule has 0 aliphatic heterocycles. The van der Waals surface area contributed by atoms with E-state index in [4.69, 9.17) is 23.4 Å². The van der Waals surface area contributed by atoms with Crippen LogP contribution in [0.15, 0.2) is 40.8 Å². The van der Waals surface area contributed by atoms with E-state index in [2.05, 4.69) is 5.32 Å². The van der Waals surface area contributed by atoms with E-state index < -0.39 is 17.8 Å². The number of nitrogens with one attached hydrogen (secondary N) is 1. The van der Waals surface area contributed by atoms with Crippen molar-refractivity contribution in [3.05, 3.63) is 63.9 Å². The van der Waals surface area contributed by atoms with Gasteiger partial charge in [0.25, 0.3) is 5.91 Å². The summed E-state index contributed by atoms with van der Waals surface area (Å²) < 4.78 is 26.5. The molecule has 2 aromatic heterocycles. The molecule has 1 amide bonds. The van der Waals surface area contributed by atoms with Gasteiger partial charge in [0.2, 0.25) is 0 Å². The number of hydrogen-bond donors (Lipinski definition) is 1. The standard InChI is InChI=1S/C24H25NO8S/c1-5-30-23(27)19-14(3)20(24(28)31-6-2)34-22(19)25-21(26)18-12-11-17(33-18)13-32-16-9-7-15(29-4)8-10-16/h7-12H,5-6,13H2,1-4H3,(H,25,26). The molecule has 9 nitrogen and oxygen atoms in total. The number of carbonyl (C=O) groups is 3. The topological polar surface area (TPSA) is 113 Å². The number of carbonyl (C=O) groups excluding carboxylic acids is 3. The zero-order chi connectivity index (χ0) is 24.7. The molecule has 3 aromatic rings. The smallest absolute Gasteiger partial charge is 0.348 e. The Bertz CT molecular complexity index is 1160. The lowest BCUT2D eigenvalue weighted by atomic mass is 10.1. The van der Waals surface area contributed by atoms with E-state index in [1.54, 1.807) is 58.2 Å². The number of esters is 2. The van der Waals surface area contributed by atoms with Crippen molar-refractivity contribution in [2.45, 2.75) is 27.4 Å². The summed E-state index contributed by atoms with van der Waals surface area (Å²) in [5.41, 5.74) is 0.489. The molecule has 0 atom stereocenters. The fourth-order valence-corrected chi connectivity index (χ4v) is 4.09. The van der Waals surface area contributed by atoms with Crippen LogP contribution in [0.25, 0.3) is 0 Å². The van der Waals surface area contributed by atoms with Crippen molar-refractivity contribution in [3.8, 4) is 11.5 Å². The van der Waals surface area contributed by atoms with Gasteiger partial charge in [0, 0.05) is 0 Å². The molecule has 180 valence electrons. The Balaban J connectivity index is 1.74. The molecule has 0 saturated heterocycles. The lowest BCUT2D eigenvalue weighted by Gasteiger charge is -2.06. The van der Waals surface area contributed by atoms with E-state index in [9.17, 15) is 14.4 Å². The van der Waals surface area contributed by atoms with Crippen LogP contribution < -0.4 is 14.8 Å². The average molecular weight is 488 g/mol. The number of amides is 1. The average Bonchev–Trinajstić information content (AvgIpc) is 3.43. The third-order valence-electron chi connectivity index (χ3n) is 4.64. The van der Waals surface area contributed by atoms with Crippen LogP contribution in [0.2, 0.25) is 0 Å². The monoisotopic (exact) mass is 487 g/mol. The molecule has 0 aliphatic rings. The van der Waals surface area contributed by atoms with Crippen molar-refractivity contribution < 1.29 is 37.7 Å². The molecule has 2 heterocycles. The van der Waals surface area contributed by atoms with Gasteiger partial charge in [0.05, 0.1) is 25.9 Å². The number of furan rings is 1. The summed E-state index contributed by atoms with van der Waals surface area (Å²) in [4.78, 5) is 37.8. The lowest BCUT2D eigenvalue weighted by Crippen LogP contribution is -2.14. The number of benzene rings is 1. The Morgan fingerprint density at radius 3 is 2.24 bits per heavy atom. The van der Waals surface area contributed by atoms with E-state index in [0.29, 0.717) is 22.8 Å². The molecule has 3 rings (SSSR count). The fraction of sp³-hybridized carbons (Fsp3) is 0.292. The van der Waals surface area contributed by atoms with Crippen LogP contribution in [-0.4, -0.2) is 38.2 Å². The van der Waals surface area contributed by atoms with Gasteiger partial charge >= 0.3 is 11.9 Å². The minimum Gasteiger partial charge on any atom is -0.497 e. The molecule has 10 heteroatoms. The lowest BCUT2D eigenvalue weighted by molar-refractivity contribution is 0.0527. The molecule has 0 radical (unpaired) electrons. The van der Waals surface area contributed by atoms with Gasteiger partial charge in [-0.1, -0.05) is 0 Å². The first-order chi connectivity index (χ1) is 16.4. The van der Waals surface area contributed by atoms with Gasteiger partial charge in [-0.15, -0.1) is 11.3 Å². The van der Waals surface area contributed by atoms with Crippen molar-refractivity contribution in [2.75, 3.05) is 25.6 Å². The van der Waals surface area contributed by atoms with Gasteiger partial charge in [0.15, 0.2) is 5.76 Å². The quantitative estimate of drug-likeness (QED) is 0.404. The highest BCUT2D eigenvalue weighted by molar-refractivity contribution is 7.18. The van der Waals surface area contributed by atoms with Crippen molar-refractivity contribution in [2.24, 2.45) is 0 Å². The number of ether oxygens (including phenoxy) is 4. The molecule has 0 saturated carbocycles. The van der Waals surface area contributed by atoms with Crippen LogP contribution in [0.1, 0.15) is 55.8 Å². The molecule has 0 bridgehead atoms. The Labute approximate surface area is 200 Å². The predicted molar refractivity (Wildman–Crippen MR) is 125 cm³/mol. The molecular weight excluding hydrogens is 462 g/mol. The SMILES string of the molecule is CCOC(=O)c1sc(NC(=O)c2ccc(COc3ccc(OC)cc3)o2)c(C(=O)OCC)c1C. The van der Waals surface area contributed by atoms with Gasteiger partial charge in [0.1, 0.15) is 33.7 Å². The first-order valence-corrected chi connectivity index (χ1v) is 11.3. The molecule has 0 unspecified atom stereocenters. The first kappa shape index (κ1) is 24.8. The number of methoxy groups -OCH3 is 1. The van der Waals surface area contributed by atoms with Crippen LogP contribution in [0.3, 0.4) is 0 Å². The number of hydrogen-bond acceptors (Lipinski definition) is 9. The Hall–Kier alpha value is -3.79. The van der Waals surface area contributed by atoms with E-state index in [-0.39, 0.29) is 41.0 Å². The molecule has 34 heavy (non-hydrogen) atoms. The summed E-state index contributed by atoms with van der Waals surface area (Å²) in [7, 11) is 1.58. The summed E-state index contributed by atoms with van der Waals surface area (Å²) in [6, 6.07) is 10.2. The molecule has 0 fully saturated rings. The second-order valence-electron chi connectivity index (χ2n) is 6.89. The molecular formula is C24H25NO8S. The van der Waals surface area contributed by atoms with Crippen molar-refractivity contribution in [1.29, 1.82) is 0 Å². The maximum absolute atomic E-state index is 12.8. The highest BCUT2D eigenvalue weighted by Crippen LogP contribution is 2.34. The zero-order valence-electron chi connectivity index (χ0n) is 19.3. The minimum absolute atomic E-state index is 0.0203. The summed E-state index contributed by atoms with van der Waals surface area (Å²) in [5.74, 6) is -0.0302. The van der Waals surface area contributed by atoms with Gasteiger partial charge in [-0.3, -0.25) is 4.79 Å². The van der Waals surface area contributed by atoms with Crippen molar-refractivity contribution in [3.63, 3.8) is 0 Å².